The van der Waals surface area contributed by atoms with Crippen molar-refractivity contribution in [1.29, 1.82) is 0 Å². The zero-order chi connectivity index (χ0) is 14.7. The highest BCUT2D eigenvalue weighted by atomic mass is 32.1. The smallest absolute Gasteiger partial charge is 0.243 e. The van der Waals surface area contributed by atoms with Crippen LogP contribution in [-0.4, -0.2) is 26.0 Å². The lowest BCUT2D eigenvalue weighted by molar-refractivity contribution is 0.316. The molecule has 0 saturated heterocycles. The molecular formula is C14H17N5OS. The Kier molecular flexibility index (Phi) is 4.12. The largest absolute Gasteiger partial charge is 0.337 e. The van der Waals surface area contributed by atoms with Gasteiger partial charge in [-0.15, -0.1) is 11.3 Å². The van der Waals surface area contributed by atoms with Gasteiger partial charge in [0.2, 0.25) is 11.7 Å². The predicted molar refractivity (Wildman–Crippen MR) is 80.9 cm³/mol. The molecule has 0 radical (unpaired) electrons. The molecule has 6 nitrogen and oxygen atoms in total. The Balaban J connectivity index is 1.61. The van der Waals surface area contributed by atoms with Crippen LogP contribution in [0.5, 0.6) is 0 Å². The maximum Gasteiger partial charge on any atom is 0.243 e. The minimum atomic E-state index is -0.00299. The van der Waals surface area contributed by atoms with Gasteiger partial charge < -0.3 is 9.84 Å². The van der Waals surface area contributed by atoms with Gasteiger partial charge in [-0.25, -0.2) is 0 Å². The first-order valence-corrected chi connectivity index (χ1v) is 7.71. The number of aromatic nitrogens is 4. The third-order valence-corrected chi connectivity index (χ3v) is 3.97. The molecular weight excluding hydrogens is 286 g/mol. The van der Waals surface area contributed by atoms with Gasteiger partial charge in [0.1, 0.15) is 0 Å². The number of nitrogens with one attached hydrogen (secondary N) is 1. The van der Waals surface area contributed by atoms with Gasteiger partial charge in [-0.05, 0) is 31.4 Å². The highest BCUT2D eigenvalue weighted by molar-refractivity contribution is 7.13. The van der Waals surface area contributed by atoms with Crippen molar-refractivity contribution in [3.63, 3.8) is 0 Å². The Bertz CT molecular complexity index is 661. The predicted octanol–water partition coefficient (Wildman–Crippen LogP) is 2.73. The van der Waals surface area contributed by atoms with Crippen molar-refractivity contribution in [2.75, 3.05) is 0 Å². The SMILES string of the molecule is CC(Cn1cccn1)NC(C)c1nc(-c2cccs2)no1. The molecule has 7 heteroatoms. The second-order valence-electron chi connectivity index (χ2n) is 4.95. The summed E-state index contributed by atoms with van der Waals surface area (Å²) >= 11 is 1.60. The Labute approximate surface area is 126 Å². The quantitative estimate of drug-likeness (QED) is 0.758. The minimum Gasteiger partial charge on any atom is -0.337 e. The fraction of sp³-hybridized carbons (Fsp3) is 0.357. The Morgan fingerprint density at radius 3 is 3.00 bits per heavy atom. The van der Waals surface area contributed by atoms with E-state index in [1.807, 2.05) is 41.4 Å². The maximum absolute atomic E-state index is 5.35. The van der Waals surface area contributed by atoms with E-state index in [9.17, 15) is 0 Å². The number of hydrogen-bond acceptors (Lipinski definition) is 6. The number of hydrogen-bond donors (Lipinski definition) is 1. The van der Waals surface area contributed by atoms with E-state index >= 15 is 0 Å². The van der Waals surface area contributed by atoms with Crippen molar-refractivity contribution in [2.45, 2.75) is 32.5 Å². The summed E-state index contributed by atoms with van der Waals surface area (Å²) in [6.45, 7) is 4.92. The first-order chi connectivity index (χ1) is 10.2. The Hall–Kier alpha value is -1.99. The number of rotatable bonds is 6. The van der Waals surface area contributed by atoms with Crippen LogP contribution < -0.4 is 5.32 Å². The first-order valence-electron chi connectivity index (χ1n) is 6.83. The lowest BCUT2D eigenvalue weighted by Gasteiger charge is -2.17. The van der Waals surface area contributed by atoms with Gasteiger partial charge in [0.25, 0.3) is 0 Å². The summed E-state index contributed by atoms with van der Waals surface area (Å²) in [7, 11) is 0. The highest BCUT2D eigenvalue weighted by Gasteiger charge is 2.17. The van der Waals surface area contributed by atoms with E-state index < -0.39 is 0 Å². The van der Waals surface area contributed by atoms with Crippen LogP contribution in [0, 0.1) is 0 Å². The average Bonchev–Trinajstić information content (AvgIpc) is 3.20. The van der Waals surface area contributed by atoms with E-state index in [1.165, 1.54) is 0 Å². The lowest BCUT2D eigenvalue weighted by atomic mass is 10.2. The molecule has 0 aliphatic rings. The molecule has 0 fully saturated rings. The van der Waals surface area contributed by atoms with E-state index in [2.05, 4.69) is 27.5 Å². The monoisotopic (exact) mass is 303 g/mol. The molecule has 1 N–H and O–H groups in total. The molecule has 0 aliphatic heterocycles. The third kappa shape index (κ3) is 3.37. The summed E-state index contributed by atoms with van der Waals surface area (Å²) < 4.78 is 7.25. The molecule has 0 aromatic carbocycles. The summed E-state index contributed by atoms with van der Waals surface area (Å²) in [6, 6.07) is 6.12. The lowest BCUT2D eigenvalue weighted by Crippen LogP contribution is -2.33. The molecule has 0 bridgehead atoms. The summed E-state index contributed by atoms with van der Waals surface area (Å²) in [5.41, 5.74) is 0. The third-order valence-electron chi connectivity index (χ3n) is 3.11. The second-order valence-corrected chi connectivity index (χ2v) is 5.90. The molecule has 2 atom stereocenters. The van der Waals surface area contributed by atoms with Crippen LogP contribution in [-0.2, 0) is 6.54 Å². The van der Waals surface area contributed by atoms with Crippen LogP contribution in [0.15, 0.2) is 40.5 Å². The van der Waals surface area contributed by atoms with E-state index in [4.69, 9.17) is 4.52 Å². The molecule has 0 amide bonds. The molecule has 110 valence electrons. The normalized spacial score (nSPS) is 14.2. The minimum absolute atomic E-state index is 0.00299. The summed E-state index contributed by atoms with van der Waals surface area (Å²) in [5.74, 6) is 1.25. The van der Waals surface area contributed by atoms with Crippen molar-refractivity contribution < 1.29 is 4.52 Å². The van der Waals surface area contributed by atoms with Gasteiger partial charge in [0.05, 0.1) is 17.5 Å². The molecule has 3 rings (SSSR count). The van der Waals surface area contributed by atoms with Crippen LogP contribution in [0.4, 0.5) is 0 Å². The second kappa shape index (κ2) is 6.19. The molecule has 21 heavy (non-hydrogen) atoms. The standard InChI is InChI=1S/C14H17N5OS/c1-10(9-19-7-4-6-15-19)16-11(2)14-17-13(18-20-14)12-5-3-8-21-12/h3-8,10-11,16H,9H2,1-2H3. The summed E-state index contributed by atoms with van der Waals surface area (Å²) in [5, 5.41) is 13.7. The van der Waals surface area contributed by atoms with Gasteiger partial charge in [0.15, 0.2) is 0 Å². The van der Waals surface area contributed by atoms with Gasteiger partial charge >= 0.3 is 0 Å². The van der Waals surface area contributed by atoms with Crippen molar-refractivity contribution >= 4 is 11.3 Å². The maximum atomic E-state index is 5.35. The van der Waals surface area contributed by atoms with E-state index in [-0.39, 0.29) is 12.1 Å². The molecule has 3 aromatic rings. The van der Waals surface area contributed by atoms with Gasteiger partial charge in [-0.3, -0.25) is 4.68 Å². The van der Waals surface area contributed by atoms with Gasteiger partial charge in [-0.2, -0.15) is 10.1 Å². The molecule has 0 spiro atoms. The summed E-state index contributed by atoms with van der Waals surface area (Å²) in [4.78, 5) is 5.47. The number of nitrogens with zero attached hydrogens (tertiary/aromatic N) is 4. The van der Waals surface area contributed by atoms with Crippen LogP contribution >= 0.6 is 11.3 Å². The molecule has 3 heterocycles. The number of thiophene rings is 1. The Morgan fingerprint density at radius 1 is 1.38 bits per heavy atom. The molecule has 0 aliphatic carbocycles. The van der Waals surface area contributed by atoms with Gasteiger partial charge in [0, 0.05) is 18.4 Å². The molecule has 3 aromatic heterocycles. The van der Waals surface area contributed by atoms with Crippen molar-refractivity contribution in [2.24, 2.45) is 0 Å². The fourth-order valence-electron chi connectivity index (χ4n) is 2.16. The van der Waals surface area contributed by atoms with Gasteiger partial charge in [-0.1, -0.05) is 11.2 Å². The molecule has 2 unspecified atom stereocenters. The van der Waals surface area contributed by atoms with Crippen LogP contribution in [0.2, 0.25) is 0 Å². The van der Waals surface area contributed by atoms with Crippen molar-refractivity contribution in [1.82, 2.24) is 25.2 Å². The topological polar surface area (TPSA) is 68.8 Å². The highest BCUT2D eigenvalue weighted by Crippen LogP contribution is 2.23. The average molecular weight is 303 g/mol. The van der Waals surface area contributed by atoms with E-state index in [1.54, 1.807) is 17.5 Å². The summed E-state index contributed by atoms with van der Waals surface area (Å²) in [6.07, 6.45) is 3.73. The Morgan fingerprint density at radius 2 is 2.29 bits per heavy atom. The van der Waals surface area contributed by atoms with Crippen molar-refractivity contribution in [3.05, 3.63) is 41.9 Å². The van der Waals surface area contributed by atoms with Crippen LogP contribution in [0.25, 0.3) is 10.7 Å². The molecule has 0 saturated carbocycles. The van der Waals surface area contributed by atoms with E-state index in [0.717, 1.165) is 11.4 Å². The zero-order valence-electron chi connectivity index (χ0n) is 11.9. The van der Waals surface area contributed by atoms with E-state index in [0.29, 0.717) is 11.7 Å². The fourth-order valence-corrected chi connectivity index (χ4v) is 2.81. The van der Waals surface area contributed by atoms with Crippen molar-refractivity contribution in [3.8, 4) is 10.7 Å². The first kappa shape index (κ1) is 14.0. The van der Waals surface area contributed by atoms with Crippen LogP contribution in [0.3, 0.4) is 0 Å². The zero-order valence-corrected chi connectivity index (χ0v) is 12.7. The van der Waals surface area contributed by atoms with Crippen LogP contribution in [0.1, 0.15) is 25.8 Å².